The molecular formula is C56H37NO. The molecule has 0 fully saturated rings. The number of benzene rings is 10. The molecule has 0 atom stereocenters. The lowest BCUT2D eigenvalue weighted by Gasteiger charge is -2.29. The van der Waals surface area contributed by atoms with Crippen molar-refractivity contribution >= 4 is 60.5 Å². The Labute approximate surface area is 337 Å². The summed E-state index contributed by atoms with van der Waals surface area (Å²) in [6, 6.07) is 80.7. The molecule has 0 aliphatic rings. The Balaban J connectivity index is 1.07. The highest BCUT2D eigenvalue weighted by molar-refractivity contribution is 6.12. The number of anilines is 3. The van der Waals surface area contributed by atoms with Gasteiger partial charge in [-0.1, -0.05) is 176 Å². The van der Waals surface area contributed by atoms with Crippen LogP contribution in [0.25, 0.3) is 88.0 Å². The smallest absolute Gasteiger partial charge is 0.136 e. The van der Waals surface area contributed by atoms with Gasteiger partial charge in [0.15, 0.2) is 0 Å². The Morgan fingerprint density at radius 2 is 0.862 bits per heavy atom. The minimum atomic E-state index is 0.890. The molecular weight excluding hydrogens is 703 g/mol. The minimum Gasteiger partial charge on any atom is -0.456 e. The number of rotatable bonds is 7. The summed E-state index contributed by atoms with van der Waals surface area (Å²) in [5.41, 5.74) is 14.4. The van der Waals surface area contributed by atoms with Gasteiger partial charge in [-0.15, -0.1) is 0 Å². The number of nitrogens with zero attached hydrogens (tertiary/aromatic N) is 1. The predicted octanol–water partition coefficient (Wildman–Crippen LogP) is 16.0. The predicted molar refractivity (Wildman–Crippen MR) is 245 cm³/mol. The molecule has 58 heavy (non-hydrogen) atoms. The molecule has 1 heterocycles. The van der Waals surface area contributed by atoms with Gasteiger partial charge in [-0.3, -0.25) is 0 Å². The fraction of sp³-hybridized carbons (Fsp3) is 0. The van der Waals surface area contributed by atoms with Crippen molar-refractivity contribution in [1.29, 1.82) is 0 Å². The SMILES string of the molecule is c1ccc(-c2ccccc2-c2ccccc2N(c2ccc(-c3cccc4c3ccc3ccccc34)cc2)c2cccc(-c3ccc4c(c3)oc3ccccc34)c2)cc1. The topological polar surface area (TPSA) is 16.4 Å². The van der Waals surface area contributed by atoms with Gasteiger partial charge in [0.2, 0.25) is 0 Å². The van der Waals surface area contributed by atoms with Crippen LogP contribution in [0.1, 0.15) is 0 Å². The van der Waals surface area contributed by atoms with Gasteiger partial charge in [-0.2, -0.15) is 0 Å². The minimum absolute atomic E-state index is 0.890. The van der Waals surface area contributed by atoms with Crippen molar-refractivity contribution in [2.24, 2.45) is 0 Å². The summed E-state index contributed by atoms with van der Waals surface area (Å²) in [6.07, 6.45) is 0. The van der Waals surface area contributed by atoms with Crippen LogP contribution in [0, 0.1) is 0 Å². The molecule has 0 N–H and O–H groups in total. The Hall–Kier alpha value is -7.68. The van der Waals surface area contributed by atoms with Gasteiger partial charge in [0.1, 0.15) is 11.2 Å². The van der Waals surface area contributed by atoms with Crippen molar-refractivity contribution in [2.75, 3.05) is 4.90 Å². The number of para-hydroxylation sites is 2. The van der Waals surface area contributed by atoms with E-state index < -0.39 is 0 Å². The highest BCUT2D eigenvalue weighted by Crippen LogP contribution is 2.45. The second-order valence-electron chi connectivity index (χ2n) is 14.9. The van der Waals surface area contributed by atoms with Crippen LogP contribution >= 0.6 is 0 Å². The van der Waals surface area contributed by atoms with Gasteiger partial charge in [0.25, 0.3) is 0 Å². The number of fused-ring (bicyclic) bond motifs is 6. The van der Waals surface area contributed by atoms with Crippen LogP contribution in [0.2, 0.25) is 0 Å². The van der Waals surface area contributed by atoms with Gasteiger partial charge in [0, 0.05) is 27.7 Å². The maximum absolute atomic E-state index is 6.33. The van der Waals surface area contributed by atoms with Gasteiger partial charge in [-0.25, -0.2) is 0 Å². The van der Waals surface area contributed by atoms with Crippen molar-refractivity contribution in [1.82, 2.24) is 0 Å². The maximum atomic E-state index is 6.33. The van der Waals surface area contributed by atoms with E-state index >= 15 is 0 Å². The van der Waals surface area contributed by atoms with Crippen LogP contribution in [-0.2, 0) is 0 Å². The van der Waals surface area contributed by atoms with E-state index in [4.69, 9.17) is 4.42 Å². The summed E-state index contributed by atoms with van der Waals surface area (Å²) in [5.74, 6) is 0. The lowest BCUT2D eigenvalue weighted by atomic mass is 9.92. The van der Waals surface area contributed by atoms with Crippen LogP contribution < -0.4 is 4.90 Å². The molecule has 0 radical (unpaired) electrons. The number of hydrogen-bond donors (Lipinski definition) is 0. The van der Waals surface area contributed by atoms with Crippen molar-refractivity contribution in [2.45, 2.75) is 0 Å². The second kappa shape index (κ2) is 14.1. The molecule has 2 heteroatoms. The molecule has 0 aliphatic heterocycles. The Bertz CT molecular complexity index is 3290. The zero-order chi connectivity index (χ0) is 38.4. The van der Waals surface area contributed by atoms with E-state index in [2.05, 4.69) is 217 Å². The third-order valence-electron chi connectivity index (χ3n) is 11.5. The molecule has 2 nitrogen and oxygen atoms in total. The molecule has 1 aromatic heterocycles. The zero-order valence-electron chi connectivity index (χ0n) is 31.7. The molecule has 0 amide bonds. The molecule has 272 valence electrons. The number of furan rings is 1. The summed E-state index contributed by atoms with van der Waals surface area (Å²) in [4.78, 5) is 2.40. The Morgan fingerprint density at radius 1 is 0.276 bits per heavy atom. The van der Waals surface area contributed by atoms with E-state index in [9.17, 15) is 0 Å². The van der Waals surface area contributed by atoms with Crippen molar-refractivity contribution in [3.05, 3.63) is 224 Å². The lowest BCUT2D eigenvalue weighted by molar-refractivity contribution is 0.669. The largest absolute Gasteiger partial charge is 0.456 e. The van der Waals surface area contributed by atoms with Gasteiger partial charge in [-0.05, 0) is 109 Å². The summed E-state index contributed by atoms with van der Waals surface area (Å²) >= 11 is 0. The zero-order valence-corrected chi connectivity index (χ0v) is 31.7. The van der Waals surface area contributed by atoms with Crippen LogP contribution in [0.3, 0.4) is 0 Å². The van der Waals surface area contributed by atoms with Gasteiger partial charge >= 0.3 is 0 Å². The second-order valence-corrected chi connectivity index (χ2v) is 14.9. The summed E-state index contributed by atoms with van der Waals surface area (Å²) < 4.78 is 6.33. The van der Waals surface area contributed by atoms with Crippen LogP contribution in [0.15, 0.2) is 229 Å². The molecule has 0 bridgehead atoms. The third kappa shape index (κ3) is 5.82. The van der Waals surface area contributed by atoms with Gasteiger partial charge < -0.3 is 9.32 Å². The number of hydrogen-bond acceptors (Lipinski definition) is 2. The standard InChI is InChI=1S/C56H37NO/c1-2-14-38(15-3-1)45-20-6-7-21-49(45)51-22-8-10-26-54(51)57(44-18-12-17-41(36-44)42-31-35-53-52-23-9-11-27-55(52)58-56(53)37-42)43-32-28-40(29-33-43)47-24-13-25-48-46-19-5-4-16-39(46)30-34-50(47)48/h1-37H. The molecule has 10 aromatic carbocycles. The van der Waals surface area contributed by atoms with E-state index in [1.165, 1.54) is 49.4 Å². The highest BCUT2D eigenvalue weighted by atomic mass is 16.3. The van der Waals surface area contributed by atoms with E-state index in [0.717, 1.165) is 55.7 Å². The first-order valence-corrected chi connectivity index (χ1v) is 19.8. The van der Waals surface area contributed by atoms with Crippen LogP contribution in [0.4, 0.5) is 17.1 Å². The Kier molecular flexibility index (Phi) is 8.19. The average molecular weight is 740 g/mol. The fourth-order valence-corrected chi connectivity index (χ4v) is 8.72. The molecule has 0 unspecified atom stereocenters. The van der Waals surface area contributed by atoms with Crippen molar-refractivity contribution in [3.63, 3.8) is 0 Å². The molecule has 0 spiro atoms. The highest BCUT2D eigenvalue weighted by Gasteiger charge is 2.20. The van der Waals surface area contributed by atoms with Crippen LogP contribution in [-0.4, -0.2) is 0 Å². The van der Waals surface area contributed by atoms with E-state index in [-0.39, 0.29) is 0 Å². The maximum Gasteiger partial charge on any atom is 0.136 e. The fourth-order valence-electron chi connectivity index (χ4n) is 8.72. The molecule has 0 saturated heterocycles. The molecule has 11 rings (SSSR count). The van der Waals surface area contributed by atoms with E-state index in [1.807, 2.05) is 12.1 Å². The average Bonchev–Trinajstić information content (AvgIpc) is 3.68. The molecule has 11 aromatic rings. The van der Waals surface area contributed by atoms with Gasteiger partial charge in [0.05, 0.1) is 5.69 Å². The van der Waals surface area contributed by atoms with Crippen molar-refractivity contribution in [3.8, 4) is 44.5 Å². The van der Waals surface area contributed by atoms with E-state index in [1.54, 1.807) is 0 Å². The lowest BCUT2D eigenvalue weighted by Crippen LogP contribution is -2.11. The van der Waals surface area contributed by atoms with Crippen molar-refractivity contribution < 1.29 is 4.42 Å². The van der Waals surface area contributed by atoms with E-state index in [0.29, 0.717) is 0 Å². The first-order chi connectivity index (χ1) is 28.8. The summed E-state index contributed by atoms with van der Waals surface area (Å²) in [7, 11) is 0. The quantitative estimate of drug-likeness (QED) is 0.151. The summed E-state index contributed by atoms with van der Waals surface area (Å²) in [6.45, 7) is 0. The first-order valence-electron chi connectivity index (χ1n) is 19.8. The third-order valence-corrected chi connectivity index (χ3v) is 11.5. The Morgan fingerprint density at radius 3 is 1.74 bits per heavy atom. The normalized spacial score (nSPS) is 11.4. The first kappa shape index (κ1) is 33.6. The van der Waals surface area contributed by atoms with Crippen LogP contribution in [0.5, 0.6) is 0 Å². The summed E-state index contributed by atoms with van der Waals surface area (Å²) in [5, 5.41) is 7.31. The monoisotopic (exact) mass is 739 g/mol. The molecule has 0 aliphatic carbocycles. The molecule has 0 saturated carbocycles.